The molecule has 18 heavy (non-hydrogen) atoms. The molecule has 0 saturated heterocycles. The first kappa shape index (κ1) is 15.6. The van der Waals surface area contributed by atoms with E-state index in [0.717, 1.165) is 28.9 Å². The van der Waals surface area contributed by atoms with Crippen LogP contribution < -0.4 is 9.64 Å². The number of ether oxygens (including phenoxy) is 1. The number of nitrogens with zero attached hydrogens (tertiary/aromatic N) is 1. The fourth-order valence-corrected chi connectivity index (χ4v) is 2.79. The molecule has 0 radical (unpaired) electrons. The Morgan fingerprint density at radius 1 is 1.17 bits per heavy atom. The quantitative estimate of drug-likeness (QED) is 0.738. The molecule has 0 aliphatic heterocycles. The Balaban J connectivity index is 3.32. The zero-order chi connectivity index (χ0) is 13.9. The topological polar surface area (TPSA) is 12.5 Å². The number of hydrogen-bond acceptors (Lipinski definition) is 2. The third-order valence-electron chi connectivity index (χ3n) is 3.34. The van der Waals surface area contributed by atoms with Gasteiger partial charge in [-0.3, -0.25) is 0 Å². The van der Waals surface area contributed by atoms with Crippen molar-refractivity contribution >= 4 is 33.2 Å². The van der Waals surface area contributed by atoms with Gasteiger partial charge < -0.3 is 9.64 Å². The van der Waals surface area contributed by atoms with Crippen molar-refractivity contribution < 1.29 is 4.74 Å². The lowest BCUT2D eigenvalue weighted by molar-refractivity contribution is 0.411. The number of methoxy groups -OCH3 is 1. The van der Waals surface area contributed by atoms with Crippen LogP contribution in [-0.2, 0) is 0 Å². The van der Waals surface area contributed by atoms with Gasteiger partial charge in [0.05, 0.1) is 12.8 Å². The molecule has 0 aromatic heterocycles. The minimum absolute atomic E-state index is 0.678. The van der Waals surface area contributed by atoms with Crippen molar-refractivity contribution in [2.75, 3.05) is 31.5 Å². The van der Waals surface area contributed by atoms with E-state index in [4.69, 9.17) is 16.3 Å². The maximum Gasteiger partial charge on any atom is 0.145 e. The number of anilines is 1. The zero-order valence-electron chi connectivity index (χ0n) is 11.7. The third kappa shape index (κ3) is 2.94. The third-order valence-corrected chi connectivity index (χ3v) is 4.80. The lowest BCUT2D eigenvalue weighted by Gasteiger charge is -2.26. The Hall–Kier alpha value is -0.410. The van der Waals surface area contributed by atoms with Crippen molar-refractivity contribution in [2.24, 2.45) is 0 Å². The molecular weight excluding hydrogens is 314 g/mol. The summed E-state index contributed by atoms with van der Waals surface area (Å²) in [5.41, 5.74) is 4.78. The highest BCUT2D eigenvalue weighted by molar-refractivity contribution is 9.10. The molecular formula is C14H21BrClNO. The second-order valence-corrected chi connectivity index (χ2v) is 5.71. The van der Waals surface area contributed by atoms with Gasteiger partial charge in [0.2, 0.25) is 0 Å². The van der Waals surface area contributed by atoms with Gasteiger partial charge in [0.25, 0.3) is 0 Å². The molecule has 4 heteroatoms. The number of alkyl halides is 1. The first-order valence-electron chi connectivity index (χ1n) is 6.06. The van der Waals surface area contributed by atoms with Crippen LogP contribution in [0.25, 0.3) is 0 Å². The van der Waals surface area contributed by atoms with E-state index >= 15 is 0 Å². The molecule has 0 heterocycles. The van der Waals surface area contributed by atoms with Crippen molar-refractivity contribution in [2.45, 2.75) is 27.2 Å². The second kappa shape index (κ2) is 6.67. The van der Waals surface area contributed by atoms with Gasteiger partial charge in [-0.05, 0) is 43.9 Å². The normalized spacial score (nSPS) is 10.6. The second-order valence-electron chi connectivity index (χ2n) is 4.53. The van der Waals surface area contributed by atoms with Crippen LogP contribution in [-0.4, -0.2) is 26.6 Å². The molecule has 0 aliphatic rings. The minimum Gasteiger partial charge on any atom is -0.494 e. The van der Waals surface area contributed by atoms with Gasteiger partial charge in [-0.25, -0.2) is 0 Å². The summed E-state index contributed by atoms with van der Waals surface area (Å²) >= 11 is 9.44. The number of rotatable bonds is 5. The van der Waals surface area contributed by atoms with Crippen molar-refractivity contribution in [3.8, 4) is 5.75 Å². The van der Waals surface area contributed by atoms with Crippen molar-refractivity contribution in [3.63, 3.8) is 0 Å². The maximum absolute atomic E-state index is 5.77. The lowest BCUT2D eigenvalue weighted by Crippen LogP contribution is -2.21. The van der Waals surface area contributed by atoms with E-state index in [1.54, 1.807) is 7.11 Å². The van der Waals surface area contributed by atoms with Crippen LogP contribution in [0.3, 0.4) is 0 Å². The Morgan fingerprint density at radius 3 is 2.28 bits per heavy atom. The van der Waals surface area contributed by atoms with Crippen LogP contribution in [0, 0.1) is 20.8 Å². The summed E-state index contributed by atoms with van der Waals surface area (Å²) in [4.78, 5) is 2.22. The number of hydrogen-bond donors (Lipinski definition) is 0. The maximum atomic E-state index is 5.77. The summed E-state index contributed by atoms with van der Waals surface area (Å²) in [5.74, 6) is 1.64. The monoisotopic (exact) mass is 333 g/mol. The average molecular weight is 335 g/mol. The van der Waals surface area contributed by atoms with Crippen LogP contribution in [0.2, 0.25) is 0 Å². The molecule has 0 spiro atoms. The molecule has 0 fully saturated rings. The number of halogens is 2. The van der Waals surface area contributed by atoms with E-state index in [1.807, 2.05) is 0 Å². The Morgan fingerprint density at radius 2 is 1.78 bits per heavy atom. The summed E-state index contributed by atoms with van der Waals surface area (Å²) in [5, 5.41) is 0. The summed E-state index contributed by atoms with van der Waals surface area (Å²) < 4.78 is 6.76. The van der Waals surface area contributed by atoms with Crippen LogP contribution in [0.1, 0.15) is 23.1 Å². The van der Waals surface area contributed by atoms with Crippen molar-refractivity contribution in [1.29, 1.82) is 0 Å². The molecule has 0 unspecified atom stereocenters. The number of benzene rings is 1. The summed E-state index contributed by atoms with van der Waals surface area (Å²) in [6.45, 7) is 7.25. The highest BCUT2D eigenvalue weighted by Gasteiger charge is 2.19. The van der Waals surface area contributed by atoms with Gasteiger partial charge in [-0.1, -0.05) is 15.9 Å². The Labute approximate surface area is 123 Å². The molecule has 102 valence electrons. The fourth-order valence-electron chi connectivity index (χ4n) is 2.19. The SMILES string of the molecule is COc1c(C)c(C)c(Br)c(C)c1N(C)CCCCl. The molecule has 0 atom stereocenters. The smallest absolute Gasteiger partial charge is 0.145 e. The van der Waals surface area contributed by atoms with E-state index in [1.165, 1.54) is 16.7 Å². The standard InChI is InChI=1S/C14H21BrClNO/c1-9-10(2)14(18-5)13(11(3)12(9)15)17(4)8-6-7-16/h6-8H2,1-5H3. The van der Waals surface area contributed by atoms with Crippen LogP contribution >= 0.6 is 27.5 Å². The van der Waals surface area contributed by atoms with Gasteiger partial charge in [-0.15, -0.1) is 11.6 Å². The van der Waals surface area contributed by atoms with Crippen LogP contribution in [0.5, 0.6) is 5.75 Å². The molecule has 0 N–H and O–H groups in total. The molecule has 0 saturated carbocycles. The fraction of sp³-hybridized carbons (Fsp3) is 0.571. The Bertz CT molecular complexity index is 435. The minimum atomic E-state index is 0.678. The zero-order valence-corrected chi connectivity index (χ0v) is 14.1. The summed E-state index contributed by atoms with van der Waals surface area (Å²) in [6.07, 6.45) is 0.963. The molecule has 0 amide bonds. The molecule has 1 rings (SSSR count). The highest BCUT2D eigenvalue weighted by atomic mass is 79.9. The highest BCUT2D eigenvalue weighted by Crippen LogP contribution is 2.41. The van der Waals surface area contributed by atoms with E-state index in [-0.39, 0.29) is 0 Å². The molecule has 0 bridgehead atoms. The van der Waals surface area contributed by atoms with E-state index in [0.29, 0.717) is 5.88 Å². The van der Waals surface area contributed by atoms with Crippen LogP contribution in [0.15, 0.2) is 4.47 Å². The largest absolute Gasteiger partial charge is 0.494 e. The van der Waals surface area contributed by atoms with Crippen molar-refractivity contribution in [3.05, 3.63) is 21.2 Å². The molecule has 2 nitrogen and oxygen atoms in total. The summed E-state index contributed by atoms with van der Waals surface area (Å²) in [6, 6.07) is 0. The van der Waals surface area contributed by atoms with Gasteiger partial charge in [0.15, 0.2) is 0 Å². The van der Waals surface area contributed by atoms with Gasteiger partial charge in [0.1, 0.15) is 5.75 Å². The lowest BCUT2D eigenvalue weighted by atomic mass is 10.0. The van der Waals surface area contributed by atoms with Crippen molar-refractivity contribution in [1.82, 2.24) is 0 Å². The molecule has 1 aromatic rings. The van der Waals surface area contributed by atoms with Gasteiger partial charge in [0, 0.05) is 23.9 Å². The summed E-state index contributed by atoms with van der Waals surface area (Å²) in [7, 11) is 3.81. The molecule has 0 aliphatic carbocycles. The average Bonchev–Trinajstić information content (AvgIpc) is 2.37. The van der Waals surface area contributed by atoms with Crippen LogP contribution in [0.4, 0.5) is 5.69 Å². The predicted octanol–water partition coefficient (Wildman–Crippen LogP) is 4.45. The van der Waals surface area contributed by atoms with E-state index in [9.17, 15) is 0 Å². The first-order valence-corrected chi connectivity index (χ1v) is 7.38. The molecule has 1 aromatic carbocycles. The van der Waals surface area contributed by atoms with Gasteiger partial charge in [-0.2, -0.15) is 0 Å². The van der Waals surface area contributed by atoms with E-state index in [2.05, 4.69) is 48.6 Å². The van der Waals surface area contributed by atoms with E-state index < -0.39 is 0 Å². The Kier molecular flexibility index (Phi) is 5.80. The first-order chi connectivity index (χ1) is 8.45. The van der Waals surface area contributed by atoms with Gasteiger partial charge >= 0.3 is 0 Å². The predicted molar refractivity (Wildman–Crippen MR) is 83.5 cm³/mol.